The topological polar surface area (TPSA) is 42.3 Å². The molecule has 1 N–H and O–H groups in total. The number of aryl methyl sites for hydroxylation is 1. The summed E-state index contributed by atoms with van der Waals surface area (Å²) in [7, 11) is 0. The number of ether oxygens (including phenoxy) is 2. The van der Waals surface area contributed by atoms with Crippen molar-refractivity contribution in [2.24, 2.45) is 0 Å². The van der Waals surface area contributed by atoms with Crippen LogP contribution in [0.4, 0.5) is 0 Å². The predicted molar refractivity (Wildman–Crippen MR) is 144 cm³/mol. The van der Waals surface area contributed by atoms with Crippen molar-refractivity contribution in [1.82, 2.24) is 0 Å². The summed E-state index contributed by atoms with van der Waals surface area (Å²) >= 11 is 0. The maximum Gasteiger partial charge on any atom is 0.119 e. The first-order chi connectivity index (χ1) is 16.8. The van der Waals surface area contributed by atoms with Gasteiger partial charge in [-0.3, -0.25) is 0 Å². The molecule has 4 rings (SSSR count). The van der Waals surface area contributed by atoms with Gasteiger partial charge in [-0.1, -0.05) is 74.0 Å². The van der Waals surface area contributed by atoms with Gasteiger partial charge >= 0.3 is 0 Å². The van der Waals surface area contributed by atoms with Gasteiger partial charge in [-0.05, 0) is 84.1 Å². The van der Waals surface area contributed by atoms with Crippen molar-refractivity contribution in [3.8, 4) is 11.5 Å². The van der Waals surface area contributed by atoms with Crippen LogP contribution in [0.5, 0.6) is 11.5 Å². The first-order valence-corrected chi connectivity index (χ1v) is 12.0. The molecule has 3 heteroatoms. The predicted octanol–water partition coefficient (Wildman–Crippen LogP) is 7.87. The maximum atomic E-state index is 7.69. The van der Waals surface area contributed by atoms with E-state index in [9.17, 15) is 0 Å². The Morgan fingerprint density at radius 3 is 1.63 bits per heavy atom. The highest BCUT2D eigenvalue weighted by atomic mass is 16.5. The van der Waals surface area contributed by atoms with Crippen molar-refractivity contribution in [3.63, 3.8) is 0 Å². The highest BCUT2D eigenvalue weighted by Gasteiger charge is 2.22. The van der Waals surface area contributed by atoms with Crippen molar-refractivity contribution >= 4 is 5.71 Å². The van der Waals surface area contributed by atoms with E-state index in [0.717, 1.165) is 28.2 Å². The smallest absolute Gasteiger partial charge is 0.119 e. The lowest BCUT2D eigenvalue weighted by atomic mass is 9.78. The van der Waals surface area contributed by atoms with Gasteiger partial charge < -0.3 is 14.9 Å². The highest BCUT2D eigenvalue weighted by molar-refractivity contribution is 5.96. The molecule has 0 heterocycles. The zero-order valence-corrected chi connectivity index (χ0v) is 21.0. The van der Waals surface area contributed by atoms with Crippen molar-refractivity contribution in [2.75, 3.05) is 0 Å². The fraction of sp³-hybridized carbons (Fsp3) is 0.219. The Bertz CT molecular complexity index is 1270. The van der Waals surface area contributed by atoms with Gasteiger partial charge in [-0.2, -0.15) is 0 Å². The molecule has 0 saturated carbocycles. The minimum Gasteiger partial charge on any atom is -0.489 e. The van der Waals surface area contributed by atoms with Crippen molar-refractivity contribution in [2.45, 2.75) is 46.3 Å². The summed E-state index contributed by atoms with van der Waals surface area (Å²) < 4.78 is 12.0. The zero-order chi connectivity index (χ0) is 24.8. The molecule has 0 aliphatic heterocycles. The molecule has 0 spiro atoms. The summed E-state index contributed by atoms with van der Waals surface area (Å²) in [5.74, 6) is 1.65. The Balaban J connectivity index is 1.34. The number of rotatable bonds is 9. The first kappa shape index (κ1) is 24.3. The molecule has 0 fully saturated rings. The second kappa shape index (κ2) is 10.6. The third-order valence-electron chi connectivity index (χ3n) is 6.44. The third-order valence-corrected chi connectivity index (χ3v) is 6.44. The second-order valence-electron chi connectivity index (χ2n) is 9.56. The minimum atomic E-state index is -0.0703. The SMILES string of the molecule is CC(=N)c1ccc(OCc2cccc(COc3ccc(C(C)(C)c4ccc(C)cc4)cc3)c2)cc1. The third kappa shape index (κ3) is 6.19. The summed E-state index contributed by atoms with van der Waals surface area (Å²) in [4.78, 5) is 0. The van der Waals surface area contributed by atoms with Crippen LogP contribution in [0.1, 0.15) is 54.2 Å². The zero-order valence-electron chi connectivity index (χ0n) is 21.0. The molecular weight excluding hydrogens is 430 g/mol. The van der Waals surface area contributed by atoms with E-state index in [-0.39, 0.29) is 5.41 Å². The van der Waals surface area contributed by atoms with Gasteiger partial charge in [0.25, 0.3) is 0 Å². The molecule has 3 nitrogen and oxygen atoms in total. The molecule has 178 valence electrons. The maximum absolute atomic E-state index is 7.69. The Kier molecular flexibility index (Phi) is 7.36. The van der Waals surface area contributed by atoms with Crippen LogP contribution in [-0.4, -0.2) is 5.71 Å². The molecule has 0 atom stereocenters. The van der Waals surface area contributed by atoms with E-state index in [1.165, 1.54) is 16.7 Å². The quantitative estimate of drug-likeness (QED) is 0.257. The van der Waals surface area contributed by atoms with E-state index < -0.39 is 0 Å². The Hall–Kier alpha value is -3.85. The molecule has 0 aliphatic carbocycles. The van der Waals surface area contributed by atoms with E-state index in [0.29, 0.717) is 18.9 Å². The Morgan fingerprint density at radius 1 is 0.686 bits per heavy atom. The van der Waals surface area contributed by atoms with Crippen molar-refractivity contribution in [1.29, 1.82) is 5.41 Å². The lowest BCUT2D eigenvalue weighted by Gasteiger charge is -2.26. The number of benzene rings is 4. The summed E-state index contributed by atoms with van der Waals surface area (Å²) in [5, 5.41) is 7.69. The van der Waals surface area contributed by atoms with E-state index in [4.69, 9.17) is 14.9 Å². The van der Waals surface area contributed by atoms with E-state index in [2.05, 4.69) is 87.5 Å². The van der Waals surface area contributed by atoms with Gasteiger partial charge in [-0.15, -0.1) is 0 Å². The average molecular weight is 464 g/mol. The summed E-state index contributed by atoms with van der Waals surface area (Å²) in [5.41, 5.74) is 7.42. The lowest BCUT2D eigenvalue weighted by molar-refractivity contribution is 0.300. The summed E-state index contributed by atoms with van der Waals surface area (Å²) in [6.45, 7) is 9.39. The second-order valence-corrected chi connectivity index (χ2v) is 9.56. The molecule has 0 aliphatic rings. The van der Waals surface area contributed by atoms with Gasteiger partial charge in [0.1, 0.15) is 24.7 Å². The van der Waals surface area contributed by atoms with E-state index >= 15 is 0 Å². The normalized spacial score (nSPS) is 11.2. The molecule has 4 aromatic carbocycles. The van der Waals surface area contributed by atoms with Gasteiger partial charge in [-0.25, -0.2) is 0 Å². The Morgan fingerprint density at radius 2 is 1.14 bits per heavy atom. The number of nitrogens with one attached hydrogen (secondary N) is 1. The molecular formula is C32H33NO2. The van der Waals surface area contributed by atoms with E-state index in [1.807, 2.05) is 30.3 Å². The molecule has 0 aromatic heterocycles. The molecule has 0 unspecified atom stereocenters. The average Bonchev–Trinajstić information content (AvgIpc) is 2.87. The van der Waals surface area contributed by atoms with Crippen LogP contribution in [0.25, 0.3) is 0 Å². The fourth-order valence-electron chi connectivity index (χ4n) is 4.05. The van der Waals surface area contributed by atoms with Crippen LogP contribution in [0.3, 0.4) is 0 Å². The first-order valence-electron chi connectivity index (χ1n) is 12.0. The van der Waals surface area contributed by atoms with Gasteiger partial charge in [0.15, 0.2) is 0 Å². The highest BCUT2D eigenvalue weighted by Crippen LogP contribution is 2.32. The van der Waals surface area contributed by atoms with Crippen LogP contribution >= 0.6 is 0 Å². The monoisotopic (exact) mass is 463 g/mol. The number of hydrogen-bond acceptors (Lipinski definition) is 3. The van der Waals surface area contributed by atoms with Crippen LogP contribution in [0.15, 0.2) is 97.1 Å². The van der Waals surface area contributed by atoms with Gasteiger partial charge in [0.2, 0.25) is 0 Å². The Labute approximate surface area is 208 Å². The minimum absolute atomic E-state index is 0.0703. The molecule has 35 heavy (non-hydrogen) atoms. The van der Waals surface area contributed by atoms with Crippen LogP contribution < -0.4 is 9.47 Å². The molecule has 4 aromatic rings. The van der Waals surface area contributed by atoms with Crippen LogP contribution in [-0.2, 0) is 18.6 Å². The summed E-state index contributed by atoms with van der Waals surface area (Å²) in [6, 6.07) is 33.1. The van der Waals surface area contributed by atoms with Crippen molar-refractivity contribution < 1.29 is 9.47 Å². The molecule has 0 bridgehead atoms. The largest absolute Gasteiger partial charge is 0.489 e. The van der Waals surface area contributed by atoms with Crippen LogP contribution in [0, 0.1) is 12.3 Å². The van der Waals surface area contributed by atoms with Gasteiger partial charge in [0.05, 0.1) is 0 Å². The van der Waals surface area contributed by atoms with Crippen molar-refractivity contribution in [3.05, 3.63) is 130 Å². The fourth-order valence-corrected chi connectivity index (χ4v) is 4.05. The van der Waals surface area contributed by atoms with Crippen LogP contribution in [0.2, 0.25) is 0 Å². The lowest BCUT2D eigenvalue weighted by Crippen LogP contribution is -2.18. The summed E-state index contributed by atoms with van der Waals surface area (Å²) in [6.07, 6.45) is 0. The van der Waals surface area contributed by atoms with Gasteiger partial charge in [0, 0.05) is 11.1 Å². The molecule has 0 radical (unpaired) electrons. The molecule has 0 amide bonds. The number of hydrogen-bond donors (Lipinski definition) is 1. The van der Waals surface area contributed by atoms with E-state index in [1.54, 1.807) is 6.92 Å². The standard InChI is InChI=1S/C32H33NO2/c1-23-8-12-28(13-9-23)32(3,4)29-14-18-31(19-15-29)35-22-26-7-5-6-25(20-26)21-34-30-16-10-27(11-17-30)24(2)33/h5-20,33H,21-22H2,1-4H3. The molecule has 0 saturated heterocycles.